The Bertz CT molecular complexity index is 514. The van der Waals surface area contributed by atoms with Crippen molar-refractivity contribution in [2.24, 2.45) is 5.92 Å². The van der Waals surface area contributed by atoms with Crippen LogP contribution >= 0.6 is 0 Å². The van der Waals surface area contributed by atoms with Gasteiger partial charge in [-0.2, -0.15) is 0 Å². The quantitative estimate of drug-likeness (QED) is 0.865. The molecule has 2 rings (SSSR count). The van der Waals surface area contributed by atoms with Crippen molar-refractivity contribution in [2.75, 3.05) is 27.3 Å². The topological polar surface area (TPSA) is 56.8 Å². The Kier molecular flexibility index (Phi) is 4.96. The summed E-state index contributed by atoms with van der Waals surface area (Å²) in [7, 11) is 3.24. The van der Waals surface area contributed by atoms with Crippen LogP contribution in [0.3, 0.4) is 0 Å². The molecule has 0 spiro atoms. The molecule has 1 saturated heterocycles. The van der Waals surface area contributed by atoms with Gasteiger partial charge >= 0.3 is 5.97 Å². The van der Waals surface area contributed by atoms with Gasteiger partial charge in [0.1, 0.15) is 17.1 Å². The van der Waals surface area contributed by atoms with Crippen LogP contribution in [0, 0.1) is 5.92 Å². The lowest BCUT2D eigenvalue weighted by atomic mass is 9.88. The molecule has 0 saturated carbocycles. The molecule has 22 heavy (non-hydrogen) atoms. The first-order chi connectivity index (χ1) is 10.3. The number of benzene rings is 1. The van der Waals surface area contributed by atoms with Crippen molar-refractivity contribution < 1.29 is 19.0 Å². The van der Waals surface area contributed by atoms with Crippen molar-refractivity contribution in [3.05, 3.63) is 23.8 Å². The summed E-state index contributed by atoms with van der Waals surface area (Å²) in [4.78, 5) is 12.4. The van der Waals surface area contributed by atoms with Crippen LogP contribution in [-0.4, -0.2) is 38.9 Å². The maximum Gasteiger partial charge on any atom is 0.311 e. The van der Waals surface area contributed by atoms with Crippen molar-refractivity contribution in [2.45, 2.75) is 32.3 Å². The van der Waals surface area contributed by atoms with Crippen LogP contribution in [0.2, 0.25) is 0 Å². The molecule has 1 aromatic carbocycles. The van der Waals surface area contributed by atoms with Crippen molar-refractivity contribution in [3.8, 4) is 11.5 Å². The Hall–Kier alpha value is -1.75. The molecular weight excluding hydrogens is 282 g/mol. The van der Waals surface area contributed by atoms with Gasteiger partial charge in [-0.05, 0) is 38.5 Å². The SMILES string of the molecule is COc1cc(OC)cc([C@@H]2CNC[C@H]2C(=O)OC(C)(C)C)c1. The number of ether oxygens (including phenoxy) is 3. The smallest absolute Gasteiger partial charge is 0.311 e. The van der Waals surface area contributed by atoms with Crippen LogP contribution in [0.25, 0.3) is 0 Å². The van der Waals surface area contributed by atoms with Crippen LogP contribution in [0.4, 0.5) is 0 Å². The van der Waals surface area contributed by atoms with Gasteiger partial charge in [-0.1, -0.05) is 0 Å². The van der Waals surface area contributed by atoms with Gasteiger partial charge in [-0.15, -0.1) is 0 Å². The van der Waals surface area contributed by atoms with E-state index in [9.17, 15) is 4.79 Å². The van der Waals surface area contributed by atoms with Crippen molar-refractivity contribution in [3.63, 3.8) is 0 Å². The molecule has 122 valence electrons. The van der Waals surface area contributed by atoms with E-state index >= 15 is 0 Å². The monoisotopic (exact) mass is 307 g/mol. The summed E-state index contributed by atoms with van der Waals surface area (Å²) in [6, 6.07) is 5.74. The molecule has 5 heteroatoms. The van der Waals surface area contributed by atoms with E-state index in [0.29, 0.717) is 6.54 Å². The minimum absolute atomic E-state index is 0.0545. The molecule has 1 fully saturated rings. The highest BCUT2D eigenvalue weighted by molar-refractivity contribution is 5.75. The molecule has 0 bridgehead atoms. The summed E-state index contributed by atoms with van der Waals surface area (Å²) in [5.41, 5.74) is 0.549. The zero-order valence-electron chi connectivity index (χ0n) is 13.9. The van der Waals surface area contributed by atoms with Crippen molar-refractivity contribution in [1.29, 1.82) is 0 Å². The normalized spacial score (nSPS) is 21.5. The number of methoxy groups -OCH3 is 2. The summed E-state index contributed by atoms with van der Waals surface area (Å²) in [6.45, 7) is 7.02. The number of rotatable bonds is 4. The lowest BCUT2D eigenvalue weighted by molar-refractivity contribution is -0.159. The number of nitrogens with one attached hydrogen (secondary N) is 1. The van der Waals surface area contributed by atoms with Gasteiger partial charge in [0, 0.05) is 25.1 Å². The first-order valence-corrected chi connectivity index (χ1v) is 7.50. The van der Waals surface area contributed by atoms with E-state index in [1.807, 2.05) is 39.0 Å². The van der Waals surface area contributed by atoms with Gasteiger partial charge in [-0.3, -0.25) is 4.79 Å². The summed E-state index contributed by atoms with van der Waals surface area (Å²) in [6.07, 6.45) is 0. The Morgan fingerprint density at radius 3 is 2.18 bits per heavy atom. The first kappa shape index (κ1) is 16.6. The molecule has 0 aliphatic carbocycles. The predicted molar refractivity (Wildman–Crippen MR) is 84.5 cm³/mol. The molecule has 1 aliphatic heterocycles. The fourth-order valence-corrected chi connectivity index (χ4v) is 2.70. The first-order valence-electron chi connectivity index (χ1n) is 7.50. The van der Waals surface area contributed by atoms with E-state index in [0.717, 1.165) is 23.6 Å². The second-order valence-corrected chi connectivity index (χ2v) is 6.55. The van der Waals surface area contributed by atoms with E-state index in [1.54, 1.807) is 14.2 Å². The highest BCUT2D eigenvalue weighted by Gasteiger charge is 2.37. The highest BCUT2D eigenvalue weighted by Crippen LogP contribution is 2.34. The van der Waals surface area contributed by atoms with Crippen LogP contribution in [0.5, 0.6) is 11.5 Å². The average Bonchev–Trinajstić information content (AvgIpc) is 2.94. The van der Waals surface area contributed by atoms with E-state index in [1.165, 1.54) is 0 Å². The molecule has 1 aliphatic rings. The van der Waals surface area contributed by atoms with Crippen LogP contribution < -0.4 is 14.8 Å². The van der Waals surface area contributed by atoms with Gasteiger partial charge in [-0.25, -0.2) is 0 Å². The number of hydrogen-bond acceptors (Lipinski definition) is 5. The molecule has 0 aromatic heterocycles. The third-order valence-electron chi connectivity index (χ3n) is 3.73. The van der Waals surface area contributed by atoms with Gasteiger partial charge in [0.25, 0.3) is 0 Å². The van der Waals surface area contributed by atoms with E-state index in [4.69, 9.17) is 14.2 Å². The van der Waals surface area contributed by atoms with Crippen LogP contribution in [-0.2, 0) is 9.53 Å². The Balaban J connectivity index is 2.25. The number of hydrogen-bond donors (Lipinski definition) is 1. The van der Waals surface area contributed by atoms with Crippen LogP contribution in [0.1, 0.15) is 32.3 Å². The summed E-state index contributed by atoms with van der Waals surface area (Å²) < 4.78 is 16.2. The molecule has 0 unspecified atom stereocenters. The van der Waals surface area contributed by atoms with Gasteiger partial charge in [0.15, 0.2) is 0 Å². The summed E-state index contributed by atoms with van der Waals surface area (Å²) in [5, 5.41) is 3.28. The fourth-order valence-electron chi connectivity index (χ4n) is 2.70. The number of esters is 1. The molecule has 1 aromatic rings. The van der Waals surface area contributed by atoms with Gasteiger partial charge < -0.3 is 19.5 Å². The number of carbonyl (C=O) groups is 1. The largest absolute Gasteiger partial charge is 0.497 e. The Morgan fingerprint density at radius 1 is 1.09 bits per heavy atom. The second-order valence-electron chi connectivity index (χ2n) is 6.55. The maximum atomic E-state index is 12.4. The minimum atomic E-state index is -0.476. The Labute approximate surface area is 131 Å². The second kappa shape index (κ2) is 6.57. The van der Waals surface area contributed by atoms with Crippen molar-refractivity contribution in [1.82, 2.24) is 5.32 Å². The molecule has 5 nitrogen and oxygen atoms in total. The predicted octanol–water partition coefficient (Wildman–Crippen LogP) is 2.35. The summed E-state index contributed by atoms with van der Waals surface area (Å²) >= 11 is 0. The molecule has 1 heterocycles. The molecule has 2 atom stereocenters. The van der Waals surface area contributed by atoms with E-state index in [-0.39, 0.29) is 17.8 Å². The van der Waals surface area contributed by atoms with E-state index < -0.39 is 5.60 Å². The fraction of sp³-hybridized carbons (Fsp3) is 0.588. The lowest BCUT2D eigenvalue weighted by Gasteiger charge is -2.25. The van der Waals surface area contributed by atoms with E-state index in [2.05, 4.69) is 5.32 Å². The highest BCUT2D eigenvalue weighted by atomic mass is 16.6. The lowest BCUT2D eigenvalue weighted by Crippen LogP contribution is -2.31. The average molecular weight is 307 g/mol. The van der Waals surface area contributed by atoms with Gasteiger partial charge in [0.2, 0.25) is 0 Å². The van der Waals surface area contributed by atoms with Crippen LogP contribution in [0.15, 0.2) is 18.2 Å². The molecule has 0 amide bonds. The molecule has 0 radical (unpaired) electrons. The van der Waals surface area contributed by atoms with Crippen molar-refractivity contribution >= 4 is 5.97 Å². The Morgan fingerprint density at radius 2 is 1.68 bits per heavy atom. The molecular formula is C17H25NO4. The minimum Gasteiger partial charge on any atom is -0.497 e. The zero-order valence-corrected chi connectivity index (χ0v) is 13.9. The molecule has 1 N–H and O–H groups in total. The standard InChI is InChI=1S/C17H25NO4/c1-17(2,3)22-16(19)15-10-18-9-14(15)11-6-12(20-4)8-13(7-11)21-5/h6-8,14-15,18H,9-10H2,1-5H3/t14-,15+/m0/s1. The third kappa shape index (κ3) is 3.91. The van der Waals surface area contributed by atoms with Gasteiger partial charge in [0.05, 0.1) is 20.1 Å². The zero-order chi connectivity index (χ0) is 16.3. The number of carbonyl (C=O) groups excluding carboxylic acids is 1. The third-order valence-corrected chi connectivity index (χ3v) is 3.73. The maximum absolute atomic E-state index is 12.4. The summed E-state index contributed by atoms with van der Waals surface area (Å²) in [5.74, 6) is 1.15.